The van der Waals surface area contributed by atoms with E-state index in [1.165, 1.54) is 0 Å². The SMILES string of the molecule is CNC[C@@](C(=O)O)(C(=O)OCC1c2ccccc2-c2ccccc21)C(C)C. The Balaban J connectivity index is 1.88. The highest BCUT2D eigenvalue weighted by molar-refractivity contribution is 6.00. The number of carboxylic acid groups (broad SMARTS) is 1. The minimum Gasteiger partial charge on any atom is -0.480 e. The van der Waals surface area contributed by atoms with Gasteiger partial charge in [0, 0.05) is 12.5 Å². The van der Waals surface area contributed by atoms with Crippen molar-refractivity contribution in [2.24, 2.45) is 11.3 Å². The van der Waals surface area contributed by atoms with Crippen LogP contribution in [0.15, 0.2) is 48.5 Å². The summed E-state index contributed by atoms with van der Waals surface area (Å²) in [7, 11) is 1.64. The number of ether oxygens (including phenoxy) is 1. The molecule has 0 fully saturated rings. The molecule has 142 valence electrons. The molecule has 3 rings (SSSR count). The highest BCUT2D eigenvalue weighted by Crippen LogP contribution is 2.44. The van der Waals surface area contributed by atoms with Gasteiger partial charge in [0.25, 0.3) is 0 Å². The van der Waals surface area contributed by atoms with E-state index in [9.17, 15) is 14.7 Å². The Bertz CT molecular complexity index is 815. The van der Waals surface area contributed by atoms with Gasteiger partial charge in [0.1, 0.15) is 6.61 Å². The van der Waals surface area contributed by atoms with Crippen molar-refractivity contribution in [3.8, 4) is 11.1 Å². The Kier molecular flexibility index (Phi) is 5.33. The summed E-state index contributed by atoms with van der Waals surface area (Å²) >= 11 is 0. The Morgan fingerprint density at radius 1 is 1.07 bits per heavy atom. The maximum atomic E-state index is 12.9. The molecule has 1 atom stereocenters. The molecule has 0 saturated carbocycles. The van der Waals surface area contributed by atoms with Crippen LogP contribution >= 0.6 is 0 Å². The molecule has 0 bridgehead atoms. The second-order valence-corrected chi connectivity index (χ2v) is 7.29. The number of hydrogen-bond donors (Lipinski definition) is 2. The fourth-order valence-corrected chi connectivity index (χ4v) is 3.93. The molecule has 0 saturated heterocycles. The number of hydrogen-bond acceptors (Lipinski definition) is 4. The van der Waals surface area contributed by atoms with E-state index >= 15 is 0 Å². The van der Waals surface area contributed by atoms with Crippen LogP contribution in [0.2, 0.25) is 0 Å². The summed E-state index contributed by atoms with van der Waals surface area (Å²) in [5.74, 6) is -2.35. The van der Waals surface area contributed by atoms with E-state index in [4.69, 9.17) is 4.74 Å². The number of carbonyl (C=O) groups is 2. The first kappa shape index (κ1) is 19.1. The maximum Gasteiger partial charge on any atom is 0.325 e. The summed E-state index contributed by atoms with van der Waals surface area (Å²) < 4.78 is 5.62. The van der Waals surface area contributed by atoms with Gasteiger partial charge in [-0.25, -0.2) is 0 Å². The fourth-order valence-electron chi connectivity index (χ4n) is 3.93. The van der Waals surface area contributed by atoms with Crippen LogP contribution in [0.25, 0.3) is 11.1 Å². The smallest absolute Gasteiger partial charge is 0.325 e. The molecule has 0 aromatic heterocycles. The molecule has 2 aromatic rings. The Labute approximate surface area is 159 Å². The second kappa shape index (κ2) is 7.53. The predicted molar refractivity (Wildman–Crippen MR) is 104 cm³/mol. The average Bonchev–Trinajstić information content (AvgIpc) is 2.97. The first-order chi connectivity index (χ1) is 12.9. The van der Waals surface area contributed by atoms with Gasteiger partial charge >= 0.3 is 11.9 Å². The number of carbonyl (C=O) groups excluding carboxylic acids is 1. The van der Waals surface area contributed by atoms with Gasteiger partial charge < -0.3 is 15.2 Å². The molecular formula is C22H25NO4. The van der Waals surface area contributed by atoms with E-state index in [0.29, 0.717) is 0 Å². The van der Waals surface area contributed by atoms with Crippen LogP contribution in [0.5, 0.6) is 0 Å². The van der Waals surface area contributed by atoms with Crippen molar-refractivity contribution in [3.63, 3.8) is 0 Å². The lowest BCUT2D eigenvalue weighted by Gasteiger charge is -2.31. The van der Waals surface area contributed by atoms with Crippen molar-refractivity contribution in [3.05, 3.63) is 59.7 Å². The van der Waals surface area contributed by atoms with Gasteiger partial charge in [-0.1, -0.05) is 62.4 Å². The molecule has 5 nitrogen and oxygen atoms in total. The van der Waals surface area contributed by atoms with Crippen LogP contribution in [-0.2, 0) is 14.3 Å². The molecule has 0 unspecified atom stereocenters. The highest BCUT2D eigenvalue weighted by Gasteiger charge is 2.50. The topological polar surface area (TPSA) is 75.6 Å². The summed E-state index contributed by atoms with van der Waals surface area (Å²) in [6.07, 6.45) is 0. The van der Waals surface area contributed by atoms with Crippen LogP contribution in [0.3, 0.4) is 0 Å². The first-order valence-corrected chi connectivity index (χ1v) is 9.17. The third-order valence-corrected chi connectivity index (χ3v) is 5.53. The largest absolute Gasteiger partial charge is 0.480 e. The molecular weight excluding hydrogens is 342 g/mol. The molecule has 0 spiro atoms. The third-order valence-electron chi connectivity index (χ3n) is 5.53. The standard InChI is InChI=1S/C22H25NO4/c1-14(2)22(13-23-3,20(24)25)21(26)27-12-19-17-10-6-4-8-15(17)16-9-5-7-11-18(16)19/h4-11,14,19,23H,12-13H2,1-3H3,(H,24,25)/t22-/m1/s1. The van der Waals surface area contributed by atoms with Crippen molar-refractivity contribution in [1.29, 1.82) is 0 Å². The van der Waals surface area contributed by atoms with Gasteiger partial charge in [-0.2, -0.15) is 0 Å². The number of benzene rings is 2. The maximum absolute atomic E-state index is 12.9. The van der Waals surface area contributed by atoms with E-state index < -0.39 is 23.3 Å². The van der Waals surface area contributed by atoms with Crippen LogP contribution in [0, 0.1) is 11.3 Å². The number of aliphatic carboxylic acids is 1. The van der Waals surface area contributed by atoms with Crippen LogP contribution in [-0.4, -0.2) is 37.2 Å². The molecule has 0 heterocycles. The lowest BCUT2D eigenvalue weighted by molar-refractivity contribution is -0.172. The molecule has 2 aromatic carbocycles. The van der Waals surface area contributed by atoms with E-state index in [2.05, 4.69) is 17.4 Å². The van der Waals surface area contributed by atoms with Gasteiger partial charge in [-0.3, -0.25) is 9.59 Å². The van der Waals surface area contributed by atoms with Gasteiger partial charge in [-0.15, -0.1) is 0 Å². The normalized spacial score (nSPS) is 15.1. The Morgan fingerprint density at radius 2 is 1.59 bits per heavy atom. The summed E-state index contributed by atoms with van der Waals surface area (Å²) in [4.78, 5) is 24.8. The van der Waals surface area contributed by atoms with E-state index in [1.807, 2.05) is 36.4 Å². The van der Waals surface area contributed by atoms with Gasteiger partial charge in [0.05, 0.1) is 0 Å². The number of esters is 1. The molecule has 2 N–H and O–H groups in total. The van der Waals surface area contributed by atoms with Crippen molar-refractivity contribution in [1.82, 2.24) is 5.32 Å². The zero-order valence-corrected chi connectivity index (χ0v) is 15.9. The minimum atomic E-state index is -1.60. The zero-order chi connectivity index (χ0) is 19.6. The lowest BCUT2D eigenvalue weighted by atomic mass is 9.77. The second-order valence-electron chi connectivity index (χ2n) is 7.29. The minimum absolute atomic E-state index is 0.0245. The summed E-state index contributed by atoms with van der Waals surface area (Å²) in [6, 6.07) is 16.1. The quantitative estimate of drug-likeness (QED) is 0.580. The number of rotatable bonds is 7. The predicted octanol–water partition coefficient (Wildman–Crippen LogP) is 3.29. The molecule has 1 aliphatic rings. The number of nitrogens with one attached hydrogen (secondary N) is 1. The van der Waals surface area contributed by atoms with Gasteiger partial charge in [0.15, 0.2) is 5.41 Å². The monoisotopic (exact) mass is 367 g/mol. The van der Waals surface area contributed by atoms with Crippen LogP contribution in [0.1, 0.15) is 30.9 Å². The van der Waals surface area contributed by atoms with Crippen LogP contribution in [0.4, 0.5) is 0 Å². The van der Waals surface area contributed by atoms with Crippen molar-refractivity contribution in [2.45, 2.75) is 19.8 Å². The Morgan fingerprint density at radius 3 is 2.04 bits per heavy atom. The highest BCUT2D eigenvalue weighted by atomic mass is 16.5. The van der Waals surface area contributed by atoms with E-state index in [1.54, 1.807) is 20.9 Å². The summed E-state index contributed by atoms with van der Waals surface area (Å²) in [5, 5.41) is 12.6. The Hall–Kier alpha value is -2.66. The molecule has 27 heavy (non-hydrogen) atoms. The molecule has 0 aliphatic heterocycles. The van der Waals surface area contributed by atoms with Gasteiger partial charge in [-0.05, 0) is 35.2 Å². The van der Waals surface area contributed by atoms with E-state index in [-0.39, 0.29) is 19.1 Å². The summed E-state index contributed by atoms with van der Waals surface area (Å²) in [6.45, 7) is 3.61. The zero-order valence-electron chi connectivity index (χ0n) is 15.9. The molecule has 5 heteroatoms. The van der Waals surface area contributed by atoms with Crippen molar-refractivity contribution < 1.29 is 19.4 Å². The first-order valence-electron chi connectivity index (χ1n) is 9.17. The third kappa shape index (κ3) is 3.12. The van der Waals surface area contributed by atoms with Crippen LogP contribution < -0.4 is 5.32 Å². The number of carboxylic acids is 1. The molecule has 0 radical (unpaired) electrons. The summed E-state index contributed by atoms with van der Waals surface area (Å²) in [5.41, 5.74) is 2.87. The molecule has 1 aliphatic carbocycles. The van der Waals surface area contributed by atoms with E-state index in [0.717, 1.165) is 22.3 Å². The number of fused-ring (bicyclic) bond motifs is 3. The van der Waals surface area contributed by atoms with Crippen molar-refractivity contribution >= 4 is 11.9 Å². The average molecular weight is 367 g/mol. The van der Waals surface area contributed by atoms with Crippen molar-refractivity contribution in [2.75, 3.05) is 20.2 Å². The lowest BCUT2D eigenvalue weighted by Crippen LogP contribution is -2.51. The molecule has 0 amide bonds. The fraction of sp³-hybridized carbons (Fsp3) is 0.364. The van der Waals surface area contributed by atoms with Gasteiger partial charge in [0.2, 0.25) is 0 Å².